The van der Waals surface area contributed by atoms with Gasteiger partial charge in [0, 0.05) is 13.0 Å². The highest BCUT2D eigenvalue weighted by Crippen LogP contribution is 2.18. The standard InChI is InChI=1S/C13H23N3O2/c1-9(2)6-12-14-13(18-15-12)8-16-5-4-10(3)11(17)7-16/h9-11,17H,4-8H2,1-3H3. The highest BCUT2D eigenvalue weighted by atomic mass is 16.5. The lowest BCUT2D eigenvalue weighted by molar-refractivity contribution is 0.0220. The molecule has 1 aromatic rings. The van der Waals surface area contributed by atoms with Crippen LogP contribution in [-0.4, -0.2) is 39.3 Å². The second-order valence-electron chi connectivity index (χ2n) is 5.77. The molecule has 0 aliphatic carbocycles. The molecule has 102 valence electrons. The molecule has 5 heteroatoms. The summed E-state index contributed by atoms with van der Waals surface area (Å²) in [6.45, 7) is 8.70. The van der Waals surface area contributed by atoms with Crippen molar-refractivity contribution >= 4 is 0 Å². The van der Waals surface area contributed by atoms with Crippen LogP contribution in [-0.2, 0) is 13.0 Å². The van der Waals surface area contributed by atoms with Crippen LogP contribution >= 0.6 is 0 Å². The van der Waals surface area contributed by atoms with Crippen LogP contribution < -0.4 is 0 Å². The van der Waals surface area contributed by atoms with Crippen molar-refractivity contribution in [2.45, 2.75) is 46.3 Å². The van der Waals surface area contributed by atoms with E-state index in [-0.39, 0.29) is 6.10 Å². The molecule has 0 amide bonds. The van der Waals surface area contributed by atoms with Gasteiger partial charge in [0.1, 0.15) is 0 Å². The van der Waals surface area contributed by atoms with E-state index in [9.17, 15) is 5.11 Å². The molecule has 18 heavy (non-hydrogen) atoms. The van der Waals surface area contributed by atoms with Crippen molar-refractivity contribution in [3.63, 3.8) is 0 Å². The van der Waals surface area contributed by atoms with Crippen LogP contribution in [0, 0.1) is 11.8 Å². The van der Waals surface area contributed by atoms with Crippen molar-refractivity contribution in [2.75, 3.05) is 13.1 Å². The van der Waals surface area contributed by atoms with E-state index in [4.69, 9.17) is 4.52 Å². The van der Waals surface area contributed by atoms with E-state index < -0.39 is 0 Å². The van der Waals surface area contributed by atoms with Gasteiger partial charge in [-0.15, -0.1) is 0 Å². The molecule has 1 aromatic heterocycles. The zero-order chi connectivity index (χ0) is 13.1. The topological polar surface area (TPSA) is 62.4 Å². The molecule has 0 radical (unpaired) electrons. The maximum atomic E-state index is 9.84. The van der Waals surface area contributed by atoms with Crippen LogP contribution in [0.5, 0.6) is 0 Å². The van der Waals surface area contributed by atoms with Crippen molar-refractivity contribution in [1.82, 2.24) is 15.0 Å². The summed E-state index contributed by atoms with van der Waals surface area (Å²) in [5, 5.41) is 13.8. The first-order valence-corrected chi connectivity index (χ1v) is 6.76. The van der Waals surface area contributed by atoms with E-state index >= 15 is 0 Å². The Kier molecular flexibility index (Phi) is 4.35. The molecule has 2 heterocycles. The second kappa shape index (κ2) is 5.80. The van der Waals surface area contributed by atoms with Crippen LogP contribution in [0.15, 0.2) is 4.52 Å². The highest BCUT2D eigenvalue weighted by Gasteiger charge is 2.25. The molecule has 1 fully saturated rings. The third-order valence-corrected chi connectivity index (χ3v) is 3.46. The van der Waals surface area contributed by atoms with Gasteiger partial charge in [-0.2, -0.15) is 4.98 Å². The van der Waals surface area contributed by atoms with Gasteiger partial charge in [-0.1, -0.05) is 25.9 Å². The van der Waals surface area contributed by atoms with Crippen molar-refractivity contribution in [3.8, 4) is 0 Å². The van der Waals surface area contributed by atoms with Crippen molar-refractivity contribution in [2.24, 2.45) is 11.8 Å². The fourth-order valence-corrected chi connectivity index (χ4v) is 2.25. The molecule has 0 spiro atoms. The van der Waals surface area contributed by atoms with Crippen molar-refractivity contribution < 1.29 is 9.63 Å². The molecular weight excluding hydrogens is 230 g/mol. The Balaban J connectivity index is 1.87. The summed E-state index contributed by atoms with van der Waals surface area (Å²) >= 11 is 0. The fraction of sp³-hybridized carbons (Fsp3) is 0.846. The van der Waals surface area contributed by atoms with Gasteiger partial charge in [0.2, 0.25) is 5.89 Å². The molecule has 2 atom stereocenters. The number of aliphatic hydroxyl groups excluding tert-OH is 1. The molecule has 0 bridgehead atoms. The minimum Gasteiger partial charge on any atom is -0.392 e. The zero-order valence-electron chi connectivity index (χ0n) is 11.5. The molecule has 2 unspecified atom stereocenters. The normalized spacial score (nSPS) is 25.8. The summed E-state index contributed by atoms with van der Waals surface area (Å²) in [5.41, 5.74) is 0. The second-order valence-corrected chi connectivity index (χ2v) is 5.77. The van der Waals surface area contributed by atoms with Gasteiger partial charge in [-0.3, -0.25) is 4.90 Å². The minimum atomic E-state index is -0.239. The van der Waals surface area contributed by atoms with Gasteiger partial charge < -0.3 is 9.63 Å². The Morgan fingerprint density at radius 3 is 2.94 bits per heavy atom. The number of β-amino-alcohol motifs (C(OH)–C–C–N with tert-alkyl or cyclic N) is 1. The van der Waals surface area contributed by atoms with E-state index in [2.05, 4.69) is 35.8 Å². The Bertz CT molecular complexity index is 378. The van der Waals surface area contributed by atoms with Gasteiger partial charge in [-0.25, -0.2) is 0 Å². The lowest BCUT2D eigenvalue weighted by Gasteiger charge is -2.33. The molecule has 1 saturated heterocycles. The Morgan fingerprint density at radius 1 is 1.50 bits per heavy atom. The van der Waals surface area contributed by atoms with Gasteiger partial charge in [0.05, 0.1) is 12.6 Å². The summed E-state index contributed by atoms with van der Waals surface area (Å²) in [6, 6.07) is 0. The summed E-state index contributed by atoms with van der Waals surface area (Å²) < 4.78 is 5.25. The number of likely N-dealkylation sites (tertiary alicyclic amines) is 1. The van der Waals surface area contributed by atoms with Crippen LogP contribution in [0.3, 0.4) is 0 Å². The van der Waals surface area contributed by atoms with E-state index in [1.807, 2.05) is 0 Å². The predicted molar refractivity (Wildman–Crippen MR) is 67.9 cm³/mol. The number of hydrogen-bond acceptors (Lipinski definition) is 5. The lowest BCUT2D eigenvalue weighted by Crippen LogP contribution is -2.42. The van der Waals surface area contributed by atoms with E-state index in [0.29, 0.717) is 30.8 Å². The predicted octanol–water partition coefficient (Wildman–Crippen LogP) is 1.47. The Hall–Kier alpha value is -0.940. The van der Waals surface area contributed by atoms with E-state index in [0.717, 1.165) is 25.2 Å². The first-order chi connectivity index (χ1) is 8.54. The molecule has 1 aliphatic heterocycles. The zero-order valence-corrected chi connectivity index (χ0v) is 11.5. The maximum Gasteiger partial charge on any atom is 0.240 e. The highest BCUT2D eigenvalue weighted by molar-refractivity contribution is 4.89. The van der Waals surface area contributed by atoms with Gasteiger partial charge in [-0.05, 0) is 24.8 Å². The molecule has 1 aliphatic rings. The number of aromatic nitrogens is 2. The first kappa shape index (κ1) is 13.5. The number of rotatable bonds is 4. The van der Waals surface area contributed by atoms with Crippen LogP contribution in [0.2, 0.25) is 0 Å². The third-order valence-electron chi connectivity index (χ3n) is 3.46. The Labute approximate surface area is 108 Å². The monoisotopic (exact) mass is 253 g/mol. The molecular formula is C13H23N3O2. The lowest BCUT2D eigenvalue weighted by atomic mass is 9.96. The SMILES string of the molecule is CC(C)Cc1noc(CN2CCC(C)C(O)C2)n1. The summed E-state index contributed by atoms with van der Waals surface area (Å²) in [6.07, 6.45) is 1.63. The number of hydrogen-bond donors (Lipinski definition) is 1. The van der Waals surface area contributed by atoms with Gasteiger partial charge in [0.25, 0.3) is 0 Å². The van der Waals surface area contributed by atoms with Crippen LogP contribution in [0.25, 0.3) is 0 Å². The van der Waals surface area contributed by atoms with Crippen LogP contribution in [0.1, 0.15) is 38.9 Å². The Morgan fingerprint density at radius 2 is 2.28 bits per heavy atom. The van der Waals surface area contributed by atoms with Gasteiger partial charge >= 0.3 is 0 Å². The number of piperidine rings is 1. The molecule has 1 N–H and O–H groups in total. The van der Waals surface area contributed by atoms with E-state index in [1.165, 1.54) is 0 Å². The molecule has 0 saturated carbocycles. The minimum absolute atomic E-state index is 0.239. The average molecular weight is 253 g/mol. The van der Waals surface area contributed by atoms with Crippen molar-refractivity contribution in [3.05, 3.63) is 11.7 Å². The van der Waals surface area contributed by atoms with Crippen LogP contribution in [0.4, 0.5) is 0 Å². The van der Waals surface area contributed by atoms with E-state index in [1.54, 1.807) is 0 Å². The molecule has 0 aromatic carbocycles. The fourth-order valence-electron chi connectivity index (χ4n) is 2.25. The summed E-state index contributed by atoms with van der Waals surface area (Å²) in [7, 11) is 0. The summed E-state index contributed by atoms with van der Waals surface area (Å²) in [4.78, 5) is 6.57. The molecule has 2 rings (SSSR count). The third kappa shape index (κ3) is 3.53. The smallest absolute Gasteiger partial charge is 0.240 e. The number of nitrogens with zero attached hydrogens (tertiary/aromatic N) is 3. The number of aliphatic hydroxyl groups is 1. The maximum absolute atomic E-state index is 9.84. The van der Waals surface area contributed by atoms with Gasteiger partial charge in [0.15, 0.2) is 5.82 Å². The average Bonchev–Trinajstić information content (AvgIpc) is 2.70. The van der Waals surface area contributed by atoms with Crippen molar-refractivity contribution in [1.29, 1.82) is 0 Å². The largest absolute Gasteiger partial charge is 0.392 e. The summed E-state index contributed by atoms with van der Waals surface area (Å²) in [5.74, 6) is 2.37. The first-order valence-electron chi connectivity index (χ1n) is 6.76. The molecule has 5 nitrogen and oxygen atoms in total. The quantitative estimate of drug-likeness (QED) is 0.880.